The molecule has 1 atom stereocenters. The number of nitriles is 1. The van der Waals surface area contributed by atoms with Gasteiger partial charge in [0.1, 0.15) is 24.9 Å². The van der Waals surface area contributed by atoms with Crippen LogP contribution in [0.25, 0.3) is 10.9 Å². The van der Waals surface area contributed by atoms with Crippen molar-refractivity contribution in [1.29, 1.82) is 5.26 Å². The summed E-state index contributed by atoms with van der Waals surface area (Å²) in [5.41, 5.74) is 1.43. The predicted octanol–water partition coefficient (Wildman–Crippen LogP) is 5.09. The number of likely N-dealkylation sites (tertiary alicyclic amines) is 1. The van der Waals surface area contributed by atoms with E-state index in [0.29, 0.717) is 59.2 Å². The molecule has 0 bridgehead atoms. The zero-order chi connectivity index (χ0) is 27.2. The normalized spacial score (nSPS) is 18.1. The summed E-state index contributed by atoms with van der Waals surface area (Å²) in [6.07, 6.45) is 6.68. The van der Waals surface area contributed by atoms with Crippen LogP contribution in [-0.2, 0) is 4.74 Å². The van der Waals surface area contributed by atoms with Crippen LogP contribution >= 0.6 is 23.2 Å². The molecule has 39 heavy (non-hydrogen) atoms. The Labute approximate surface area is 237 Å². The fourth-order valence-corrected chi connectivity index (χ4v) is 5.11. The van der Waals surface area contributed by atoms with Crippen molar-refractivity contribution in [3.8, 4) is 17.7 Å². The number of nitrogens with zero attached hydrogens (tertiary/aromatic N) is 6. The van der Waals surface area contributed by atoms with E-state index in [1.807, 2.05) is 24.4 Å². The lowest BCUT2D eigenvalue weighted by Gasteiger charge is -2.39. The zero-order valence-electron chi connectivity index (χ0n) is 21.6. The number of methoxy groups -OCH3 is 1. The van der Waals surface area contributed by atoms with Crippen molar-refractivity contribution >= 4 is 51.6 Å². The van der Waals surface area contributed by atoms with E-state index in [4.69, 9.17) is 37.4 Å². The number of hydrogen-bond donors (Lipinski definition) is 1. The van der Waals surface area contributed by atoms with Gasteiger partial charge in [0.2, 0.25) is 12.2 Å². The fraction of sp³-hybridized carbons (Fsp3) is 0.407. The Kier molecular flexibility index (Phi) is 8.71. The fourth-order valence-electron chi connectivity index (χ4n) is 4.81. The lowest BCUT2D eigenvalue weighted by molar-refractivity contribution is -0.0321. The number of morpholine rings is 1. The summed E-state index contributed by atoms with van der Waals surface area (Å²) in [4.78, 5) is 17.3. The molecule has 1 unspecified atom stereocenters. The number of rotatable bonds is 6. The Morgan fingerprint density at radius 3 is 2.72 bits per heavy atom. The van der Waals surface area contributed by atoms with E-state index in [9.17, 15) is 5.26 Å². The lowest BCUT2D eigenvalue weighted by atomic mass is 10.1. The van der Waals surface area contributed by atoms with Crippen molar-refractivity contribution in [2.75, 3.05) is 51.8 Å². The molecule has 2 aliphatic rings. The van der Waals surface area contributed by atoms with Gasteiger partial charge in [-0.3, -0.25) is 0 Å². The number of guanidine groups is 1. The number of ether oxygens (including phenoxy) is 3. The van der Waals surface area contributed by atoms with Gasteiger partial charge in [0.25, 0.3) is 0 Å². The first kappa shape index (κ1) is 27.1. The molecule has 2 saturated heterocycles. The van der Waals surface area contributed by atoms with Gasteiger partial charge in [-0.1, -0.05) is 23.2 Å². The molecule has 1 aromatic heterocycles. The Morgan fingerprint density at radius 1 is 1.10 bits per heavy atom. The van der Waals surface area contributed by atoms with Crippen LogP contribution in [0.3, 0.4) is 0 Å². The number of piperidine rings is 1. The van der Waals surface area contributed by atoms with Gasteiger partial charge in [0.15, 0.2) is 11.5 Å². The Morgan fingerprint density at radius 2 is 1.95 bits per heavy atom. The molecule has 2 aliphatic heterocycles. The summed E-state index contributed by atoms with van der Waals surface area (Å²) in [6.45, 7) is 3.91. The van der Waals surface area contributed by atoms with Gasteiger partial charge in [0, 0.05) is 36.8 Å². The maximum absolute atomic E-state index is 9.30. The van der Waals surface area contributed by atoms with E-state index in [-0.39, 0.29) is 6.10 Å². The molecule has 3 heterocycles. The van der Waals surface area contributed by atoms with Crippen LogP contribution in [0.2, 0.25) is 10.0 Å². The number of halogens is 2. The number of benzene rings is 2. The molecule has 0 amide bonds. The minimum Gasteiger partial charge on any atom is -0.493 e. The minimum absolute atomic E-state index is 0.204. The molecule has 10 nitrogen and oxygen atoms in total. The summed E-state index contributed by atoms with van der Waals surface area (Å²) >= 11 is 12.2. The van der Waals surface area contributed by atoms with Gasteiger partial charge in [-0.15, -0.1) is 4.99 Å². The summed E-state index contributed by atoms with van der Waals surface area (Å²) in [7, 11) is 1.59. The van der Waals surface area contributed by atoms with Gasteiger partial charge < -0.3 is 29.3 Å². The van der Waals surface area contributed by atoms with Crippen LogP contribution in [0.5, 0.6) is 11.5 Å². The van der Waals surface area contributed by atoms with Crippen molar-refractivity contribution in [3.63, 3.8) is 0 Å². The number of nitrogens with one attached hydrogen (secondary N) is 1. The van der Waals surface area contributed by atoms with Crippen LogP contribution in [-0.4, -0.2) is 78.3 Å². The second kappa shape index (κ2) is 12.6. The molecule has 0 spiro atoms. The molecule has 1 N–H and O–H groups in total. The molecular weight excluding hydrogens is 541 g/mol. The molecule has 204 valence electrons. The molecular formula is C27H29Cl2N7O3. The smallest absolute Gasteiger partial charge is 0.212 e. The van der Waals surface area contributed by atoms with E-state index >= 15 is 0 Å². The van der Waals surface area contributed by atoms with E-state index in [1.165, 1.54) is 12.7 Å². The van der Waals surface area contributed by atoms with Gasteiger partial charge in [-0.05, 0) is 43.5 Å². The van der Waals surface area contributed by atoms with Crippen LogP contribution < -0.4 is 14.8 Å². The molecule has 0 saturated carbocycles. The molecule has 5 rings (SSSR count). The molecule has 2 fully saturated rings. The van der Waals surface area contributed by atoms with Crippen molar-refractivity contribution in [2.45, 2.75) is 25.4 Å². The largest absolute Gasteiger partial charge is 0.493 e. The van der Waals surface area contributed by atoms with Gasteiger partial charge >= 0.3 is 0 Å². The molecule has 0 radical (unpaired) electrons. The third-order valence-electron chi connectivity index (χ3n) is 6.74. The second-order valence-electron chi connectivity index (χ2n) is 9.31. The quantitative estimate of drug-likeness (QED) is 0.246. The number of fused-ring (bicyclic) bond motifs is 1. The van der Waals surface area contributed by atoms with Crippen LogP contribution in [0.1, 0.15) is 19.3 Å². The predicted molar refractivity (Wildman–Crippen MR) is 151 cm³/mol. The Balaban J connectivity index is 1.30. The van der Waals surface area contributed by atoms with Crippen molar-refractivity contribution in [2.24, 2.45) is 4.99 Å². The van der Waals surface area contributed by atoms with Crippen LogP contribution in [0, 0.1) is 11.5 Å². The highest BCUT2D eigenvalue weighted by Gasteiger charge is 2.28. The number of aliphatic imine (C=N–C) groups is 1. The average molecular weight is 570 g/mol. The van der Waals surface area contributed by atoms with Gasteiger partial charge in [-0.25, -0.2) is 9.97 Å². The third-order valence-corrected chi connectivity index (χ3v) is 7.48. The molecule has 0 aliphatic carbocycles. The minimum atomic E-state index is -0.204. The number of anilines is 2. The van der Waals surface area contributed by atoms with E-state index in [0.717, 1.165) is 43.0 Å². The topological polar surface area (TPSA) is 108 Å². The van der Waals surface area contributed by atoms with Crippen molar-refractivity contribution in [3.05, 3.63) is 46.7 Å². The summed E-state index contributed by atoms with van der Waals surface area (Å²) in [5, 5.41) is 14.2. The number of aromatic nitrogens is 2. The van der Waals surface area contributed by atoms with Crippen LogP contribution in [0.15, 0.2) is 41.7 Å². The van der Waals surface area contributed by atoms with E-state index < -0.39 is 0 Å². The molecule has 2 aromatic carbocycles. The lowest BCUT2D eigenvalue weighted by Crippen LogP contribution is -2.53. The van der Waals surface area contributed by atoms with Crippen molar-refractivity contribution in [1.82, 2.24) is 19.8 Å². The number of hydrogen-bond acceptors (Lipinski definition) is 8. The third kappa shape index (κ3) is 6.38. The first-order chi connectivity index (χ1) is 19.1. The standard InChI is InChI=1S/C27H29Cl2N7O3/c1-37-24-12-20-23(32-17-33-26(20)34-18-5-6-21(28)22(29)11-18)13-25(24)39-15-19-14-36(9-10-38-19)27(31-16-30)35-7-3-2-4-8-35/h5-6,11-13,17,19H,2-4,7-10,14-15H2,1H3,(H,32,33,34). The Bertz CT molecular complexity index is 1390. The maximum atomic E-state index is 9.30. The van der Waals surface area contributed by atoms with E-state index in [2.05, 4.69) is 30.1 Å². The first-order valence-corrected chi connectivity index (χ1v) is 13.6. The highest BCUT2D eigenvalue weighted by Crippen LogP contribution is 2.35. The highest BCUT2D eigenvalue weighted by atomic mass is 35.5. The monoisotopic (exact) mass is 569 g/mol. The summed E-state index contributed by atoms with van der Waals surface area (Å²) < 4.78 is 17.8. The summed E-state index contributed by atoms with van der Waals surface area (Å²) in [5.74, 6) is 2.41. The SMILES string of the molecule is COc1cc2c(Nc3ccc(Cl)c(Cl)c3)ncnc2cc1OCC1CN(C(=NC#N)N2CCCCC2)CCO1. The molecule has 3 aromatic rings. The van der Waals surface area contributed by atoms with E-state index in [1.54, 1.807) is 19.2 Å². The molecule has 12 heteroatoms. The van der Waals surface area contributed by atoms with Crippen molar-refractivity contribution < 1.29 is 14.2 Å². The average Bonchev–Trinajstić information content (AvgIpc) is 2.97. The highest BCUT2D eigenvalue weighted by molar-refractivity contribution is 6.42. The zero-order valence-corrected chi connectivity index (χ0v) is 23.1. The van der Waals surface area contributed by atoms with Gasteiger partial charge in [-0.2, -0.15) is 5.26 Å². The Hall–Kier alpha value is -3.52. The van der Waals surface area contributed by atoms with Crippen LogP contribution in [0.4, 0.5) is 11.5 Å². The first-order valence-electron chi connectivity index (χ1n) is 12.8. The maximum Gasteiger partial charge on any atom is 0.212 e. The van der Waals surface area contributed by atoms with Gasteiger partial charge in [0.05, 0.1) is 35.8 Å². The summed E-state index contributed by atoms with van der Waals surface area (Å²) in [6, 6.07) is 8.94. The second-order valence-corrected chi connectivity index (χ2v) is 10.1.